The first-order valence-electron chi connectivity index (χ1n) is 8.96. The van der Waals surface area contributed by atoms with E-state index in [0.29, 0.717) is 17.0 Å². The van der Waals surface area contributed by atoms with Gasteiger partial charge in [0, 0.05) is 23.4 Å². The van der Waals surface area contributed by atoms with Crippen molar-refractivity contribution in [3.8, 4) is 28.5 Å². The van der Waals surface area contributed by atoms with E-state index in [1.807, 2.05) is 13.0 Å². The molecule has 0 atom stereocenters. The smallest absolute Gasteiger partial charge is 0.496 e. The topological polar surface area (TPSA) is 66.6 Å². The van der Waals surface area contributed by atoms with Crippen LogP contribution in [0.15, 0.2) is 30.5 Å². The lowest BCUT2D eigenvalue weighted by Crippen LogP contribution is -2.17. The van der Waals surface area contributed by atoms with Crippen LogP contribution in [0.25, 0.3) is 11.1 Å². The van der Waals surface area contributed by atoms with E-state index in [9.17, 15) is 13.2 Å². The van der Waals surface area contributed by atoms with Gasteiger partial charge in [0.2, 0.25) is 5.88 Å². The van der Waals surface area contributed by atoms with Crippen molar-refractivity contribution in [3.05, 3.63) is 36.0 Å². The highest BCUT2D eigenvalue weighted by molar-refractivity contribution is 5.75. The Bertz CT molecular complexity index is 735. The number of benzene rings is 1. The van der Waals surface area contributed by atoms with Crippen LogP contribution in [-0.2, 0) is 6.42 Å². The number of alkyl halides is 3. The second kappa shape index (κ2) is 11.4. The number of nitrogens with zero attached hydrogens (tertiary/aromatic N) is 1. The zero-order valence-electron chi connectivity index (χ0n) is 16.6. The molecule has 1 heterocycles. The summed E-state index contributed by atoms with van der Waals surface area (Å²) in [5, 5.41) is 0. The lowest BCUT2D eigenvalue weighted by atomic mass is 10.0. The molecular weight excluding hydrogens is 373 g/mol. The van der Waals surface area contributed by atoms with E-state index in [0.717, 1.165) is 18.5 Å². The number of halogens is 3. The average molecular weight is 400 g/mol. The maximum atomic E-state index is 12.3. The number of pyridine rings is 1. The van der Waals surface area contributed by atoms with Crippen molar-refractivity contribution >= 4 is 0 Å². The van der Waals surface area contributed by atoms with E-state index < -0.39 is 6.36 Å². The lowest BCUT2D eigenvalue weighted by Gasteiger charge is -2.15. The van der Waals surface area contributed by atoms with Crippen molar-refractivity contribution in [1.82, 2.24) is 4.98 Å². The van der Waals surface area contributed by atoms with Gasteiger partial charge in [-0.3, -0.25) is 0 Å². The predicted octanol–water partition coefficient (Wildman–Crippen LogP) is 4.97. The Morgan fingerprint density at radius 1 is 1.04 bits per heavy atom. The Balaban J connectivity index is 0.000000696. The number of ether oxygens (including phenoxy) is 3. The van der Waals surface area contributed by atoms with Gasteiger partial charge < -0.3 is 19.9 Å². The summed E-state index contributed by atoms with van der Waals surface area (Å²) in [4.78, 5) is 4.21. The van der Waals surface area contributed by atoms with E-state index >= 15 is 0 Å². The van der Waals surface area contributed by atoms with E-state index in [-0.39, 0.29) is 11.5 Å². The highest BCUT2D eigenvalue weighted by atomic mass is 19.4. The Morgan fingerprint density at radius 3 is 2.21 bits per heavy atom. The molecule has 5 nitrogen and oxygen atoms in total. The van der Waals surface area contributed by atoms with Crippen LogP contribution >= 0.6 is 0 Å². The van der Waals surface area contributed by atoms with Crippen LogP contribution in [0.1, 0.15) is 32.3 Å². The van der Waals surface area contributed by atoms with Crippen molar-refractivity contribution < 1.29 is 27.4 Å². The Labute approximate surface area is 163 Å². The molecule has 0 fully saturated rings. The van der Waals surface area contributed by atoms with E-state index in [4.69, 9.17) is 15.2 Å². The van der Waals surface area contributed by atoms with Crippen LogP contribution in [0.5, 0.6) is 17.4 Å². The highest BCUT2D eigenvalue weighted by Gasteiger charge is 2.31. The fourth-order valence-corrected chi connectivity index (χ4v) is 2.34. The molecule has 156 valence electrons. The molecule has 0 aliphatic carbocycles. The summed E-state index contributed by atoms with van der Waals surface area (Å²) in [7, 11) is 2.85. The number of aromatic nitrogens is 1. The number of unbranched alkanes of at least 4 members (excludes halogenated alkanes) is 1. The van der Waals surface area contributed by atoms with Gasteiger partial charge in [-0.25, -0.2) is 4.98 Å². The molecule has 0 radical (unpaired) electrons. The SMILES string of the molecule is CCCCN.CCc1cnc(OC)c(-c2ccc(OC(F)(F)F)cc2OC)c1. The van der Waals surface area contributed by atoms with Gasteiger partial charge in [0.05, 0.1) is 14.2 Å². The van der Waals surface area contributed by atoms with E-state index in [1.54, 1.807) is 6.20 Å². The molecule has 0 bridgehead atoms. The molecule has 8 heteroatoms. The molecule has 0 aliphatic heterocycles. The summed E-state index contributed by atoms with van der Waals surface area (Å²) in [6, 6.07) is 5.76. The van der Waals surface area contributed by atoms with Crippen molar-refractivity contribution in [3.63, 3.8) is 0 Å². The first-order chi connectivity index (χ1) is 13.3. The molecule has 1 aromatic carbocycles. The molecule has 0 saturated carbocycles. The second-order valence-electron chi connectivity index (χ2n) is 5.81. The predicted molar refractivity (Wildman–Crippen MR) is 103 cm³/mol. The third-order valence-corrected chi connectivity index (χ3v) is 3.76. The molecule has 0 spiro atoms. The lowest BCUT2D eigenvalue weighted by molar-refractivity contribution is -0.274. The largest absolute Gasteiger partial charge is 0.573 e. The molecule has 2 rings (SSSR count). The van der Waals surface area contributed by atoms with E-state index in [1.165, 1.54) is 45.3 Å². The minimum Gasteiger partial charge on any atom is -0.496 e. The number of hydrogen-bond donors (Lipinski definition) is 1. The zero-order chi connectivity index (χ0) is 21.2. The molecule has 0 aliphatic rings. The van der Waals surface area contributed by atoms with Gasteiger partial charge in [0.15, 0.2) is 0 Å². The third kappa shape index (κ3) is 7.26. The number of rotatable bonds is 7. The standard InChI is InChI=1S/C16H16F3NO3.C4H11N/c1-4-10-7-13(15(22-3)20-9-10)12-6-5-11(8-14(12)21-2)23-16(17,18)19;1-2-3-4-5/h5-9H,4H2,1-3H3;2-5H2,1H3. The Morgan fingerprint density at radius 2 is 1.75 bits per heavy atom. The van der Waals surface area contributed by atoms with Crippen LogP contribution in [0.4, 0.5) is 13.2 Å². The molecule has 0 saturated heterocycles. The maximum Gasteiger partial charge on any atom is 0.573 e. The first-order valence-corrected chi connectivity index (χ1v) is 8.96. The minimum absolute atomic E-state index is 0.236. The molecule has 0 amide bonds. The molecule has 1 aromatic heterocycles. The van der Waals surface area contributed by atoms with Gasteiger partial charge in [-0.2, -0.15) is 0 Å². The van der Waals surface area contributed by atoms with Crippen LogP contribution in [0.3, 0.4) is 0 Å². The molecular formula is C20H27F3N2O3. The minimum atomic E-state index is -4.76. The molecule has 0 unspecified atom stereocenters. The quantitative estimate of drug-likeness (QED) is 0.711. The Hall–Kier alpha value is -2.48. The zero-order valence-corrected chi connectivity index (χ0v) is 16.6. The third-order valence-electron chi connectivity index (χ3n) is 3.76. The number of nitrogens with two attached hydrogens (primary N) is 1. The summed E-state index contributed by atoms with van der Waals surface area (Å²) in [5.41, 5.74) is 7.32. The normalized spacial score (nSPS) is 10.7. The van der Waals surface area contributed by atoms with Crippen molar-refractivity contribution in [2.75, 3.05) is 20.8 Å². The fourth-order valence-electron chi connectivity index (χ4n) is 2.34. The van der Waals surface area contributed by atoms with Gasteiger partial charge >= 0.3 is 6.36 Å². The van der Waals surface area contributed by atoms with Gasteiger partial charge in [0.25, 0.3) is 0 Å². The van der Waals surface area contributed by atoms with Gasteiger partial charge in [0.1, 0.15) is 11.5 Å². The van der Waals surface area contributed by atoms with E-state index in [2.05, 4.69) is 16.6 Å². The Kier molecular flexibility index (Phi) is 9.58. The molecule has 2 aromatic rings. The first kappa shape index (κ1) is 23.6. The maximum absolute atomic E-state index is 12.3. The average Bonchev–Trinajstić information content (AvgIpc) is 2.67. The number of hydrogen-bond acceptors (Lipinski definition) is 5. The van der Waals surface area contributed by atoms with Gasteiger partial charge in [-0.05, 0) is 43.1 Å². The summed E-state index contributed by atoms with van der Waals surface area (Å²) < 4.78 is 51.3. The molecule has 28 heavy (non-hydrogen) atoms. The summed E-state index contributed by atoms with van der Waals surface area (Å²) in [6.45, 7) is 4.95. The number of aryl methyl sites for hydroxylation is 1. The van der Waals surface area contributed by atoms with Gasteiger partial charge in [-0.15, -0.1) is 13.2 Å². The second-order valence-corrected chi connectivity index (χ2v) is 5.81. The van der Waals surface area contributed by atoms with Crippen LogP contribution in [-0.4, -0.2) is 32.1 Å². The number of methoxy groups -OCH3 is 2. The summed E-state index contributed by atoms with van der Waals surface area (Å²) in [5.74, 6) is 0.252. The summed E-state index contributed by atoms with van der Waals surface area (Å²) >= 11 is 0. The highest BCUT2D eigenvalue weighted by Crippen LogP contribution is 2.38. The van der Waals surface area contributed by atoms with Crippen molar-refractivity contribution in [2.24, 2.45) is 5.73 Å². The van der Waals surface area contributed by atoms with Crippen molar-refractivity contribution in [2.45, 2.75) is 39.5 Å². The van der Waals surface area contributed by atoms with Crippen LogP contribution in [0, 0.1) is 0 Å². The fraction of sp³-hybridized carbons (Fsp3) is 0.450. The van der Waals surface area contributed by atoms with Gasteiger partial charge in [-0.1, -0.05) is 20.3 Å². The summed E-state index contributed by atoms with van der Waals surface area (Å²) in [6.07, 6.45) is 0.0852. The van der Waals surface area contributed by atoms with Crippen LogP contribution < -0.4 is 19.9 Å². The monoisotopic (exact) mass is 400 g/mol. The van der Waals surface area contributed by atoms with Crippen LogP contribution in [0.2, 0.25) is 0 Å². The molecule has 2 N–H and O–H groups in total. The van der Waals surface area contributed by atoms with Crippen molar-refractivity contribution in [1.29, 1.82) is 0 Å².